The molecule has 2 spiro atoms. The second kappa shape index (κ2) is 13.6. The van der Waals surface area contributed by atoms with E-state index in [0.29, 0.717) is 25.7 Å². The number of carbonyl (C=O) groups excluding carboxylic acids is 6. The molecule has 0 aromatic rings. The third-order valence-corrected chi connectivity index (χ3v) is 9.06. The summed E-state index contributed by atoms with van der Waals surface area (Å²) in [5.41, 5.74) is -0.902. The monoisotopic (exact) mass is 688 g/mol. The fourth-order valence-electron chi connectivity index (χ4n) is 6.51. The zero-order valence-corrected chi connectivity index (χ0v) is 28.4. The zero-order valence-electron chi connectivity index (χ0n) is 28.4. The summed E-state index contributed by atoms with van der Waals surface area (Å²) in [5, 5.41) is 20.5. The molecule has 0 radical (unpaired) electrons. The first kappa shape index (κ1) is 36.0. The average molecular weight is 689 g/mol. The van der Waals surface area contributed by atoms with Crippen LogP contribution in [0.3, 0.4) is 0 Å². The highest BCUT2D eigenvalue weighted by atomic mass is 16.8. The van der Waals surface area contributed by atoms with E-state index in [4.69, 9.17) is 18.9 Å². The Balaban J connectivity index is 1.15. The Kier molecular flexibility index (Phi) is 9.78. The van der Waals surface area contributed by atoms with Crippen molar-refractivity contribution in [3.8, 4) is 0 Å². The molecule has 2 saturated heterocycles. The minimum atomic E-state index is -1.62. The number of aliphatic hydroxyl groups is 2. The molecule has 5 aliphatic rings. The molecule has 12 nitrogen and oxygen atoms in total. The Labute approximate surface area is 289 Å². The van der Waals surface area contributed by atoms with Crippen LogP contribution in [0.1, 0.15) is 79.1 Å². The molecule has 3 aliphatic carbocycles. The van der Waals surface area contributed by atoms with Crippen molar-refractivity contribution >= 4 is 35.4 Å². The van der Waals surface area contributed by atoms with Crippen LogP contribution in [0.25, 0.3) is 0 Å². The van der Waals surface area contributed by atoms with Crippen LogP contribution in [0.5, 0.6) is 0 Å². The number of carbonyl (C=O) groups is 6. The maximum absolute atomic E-state index is 12.8. The van der Waals surface area contributed by atoms with E-state index >= 15 is 0 Å². The van der Waals surface area contributed by atoms with Crippen molar-refractivity contribution < 1.29 is 57.9 Å². The number of rotatable bonds is 6. The number of hydrogen-bond acceptors (Lipinski definition) is 12. The predicted octanol–water partition coefficient (Wildman–Crippen LogP) is 5.63. The van der Waals surface area contributed by atoms with E-state index in [-0.39, 0.29) is 81.9 Å². The van der Waals surface area contributed by atoms with Crippen LogP contribution in [-0.2, 0) is 47.7 Å². The van der Waals surface area contributed by atoms with E-state index in [1.165, 1.54) is 60.8 Å². The Hall–Kier alpha value is -5.26. The van der Waals surface area contributed by atoms with Gasteiger partial charge < -0.3 is 29.2 Å². The van der Waals surface area contributed by atoms with E-state index < -0.39 is 35.5 Å². The number of ketones is 2. The van der Waals surface area contributed by atoms with Gasteiger partial charge >= 0.3 is 23.9 Å². The summed E-state index contributed by atoms with van der Waals surface area (Å²) in [4.78, 5) is 75.9. The lowest BCUT2D eigenvalue weighted by molar-refractivity contribution is -0.291. The van der Waals surface area contributed by atoms with Crippen molar-refractivity contribution in [2.45, 2.75) is 90.6 Å². The van der Waals surface area contributed by atoms with E-state index in [9.17, 15) is 39.0 Å². The fraction of sp³-hybridized carbons (Fsp3) is 0.421. The smallest absolute Gasteiger partial charge is 0.348 e. The molecule has 3 fully saturated rings. The van der Waals surface area contributed by atoms with Gasteiger partial charge in [0.25, 0.3) is 11.6 Å². The lowest BCUT2D eigenvalue weighted by Gasteiger charge is -2.45. The third-order valence-electron chi connectivity index (χ3n) is 9.06. The average Bonchev–Trinajstić information content (AvgIpc) is 2.98. The maximum atomic E-state index is 12.8. The van der Waals surface area contributed by atoms with Crippen molar-refractivity contribution in [2.24, 2.45) is 10.8 Å². The molecule has 0 atom stereocenters. The predicted molar refractivity (Wildman–Crippen MR) is 176 cm³/mol. The van der Waals surface area contributed by atoms with Crippen LogP contribution in [-0.4, -0.2) is 57.2 Å². The Morgan fingerprint density at radius 3 is 1.10 bits per heavy atom. The van der Waals surface area contributed by atoms with Crippen LogP contribution in [0.2, 0.25) is 0 Å². The van der Waals surface area contributed by atoms with Gasteiger partial charge in [-0.3, -0.25) is 9.59 Å². The van der Waals surface area contributed by atoms with Crippen LogP contribution in [0.15, 0.2) is 94.6 Å². The summed E-state index contributed by atoms with van der Waals surface area (Å²) >= 11 is 0. The molecule has 2 aliphatic heterocycles. The van der Waals surface area contributed by atoms with Gasteiger partial charge in [-0.05, 0) is 35.1 Å². The Bertz CT molecular complexity index is 1600. The van der Waals surface area contributed by atoms with Crippen LogP contribution < -0.4 is 0 Å². The molecule has 0 unspecified atom stereocenters. The molecule has 0 bridgehead atoms. The van der Waals surface area contributed by atoms with Crippen molar-refractivity contribution in [3.05, 3.63) is 94.6 Å². The van der Waals surface area contributed by atoms with E-state index in [1.54, 1.807) is 0 Å². The molecule has 2 N–H and O–H groups in total. The quantitative estimate of drug-likeness (QED) is 0.152. The summed E-state index contributed by atoms with van der Waals surface area (Å²) in [5.74, 6) is -7.22. The highest BCUT2D eigenvalue weighted by Crippen LogP contribution is 2.45. The molecule has 264 valence electrons. The normalized spacial score (nSPS) is 28.7. The van der Waals surface area contributed by atoms with E-state index in [1.807, 2.05) is 27.7 Å². The highest BCUT2D eigenvalue weighted by molar-refractivity contribution is 6.16. The molecule has 0 aromatic heterocycles. The van der Waals surface area contributed by atoms with Gasteiger partial charge in [-0.2, -0.15) is 0 Å². The summed E-state index contributed by atoms with van der Waals surface area (Å²) in [7, 11) is 0. The summed E-state index contributed by atoms with van der Waals surface area (Å²) < 4.78 is 22.1. The van der Waals surface area contributed by atoms with Gasteiger partial charge in [-0.15, -0.1) is 0 Å². The molecule has 0 amide bonds. The fourth-order valence-corrected chi connectivity index (χ4v) is 6.51. The Morgan fingerprint density at radius 2 is 0.800 bits per heavy atom. The first-order chi connectivity index (χ1) is 23.4. The SMILES string of the molecule is CC1(C)CC(=O)C(C=CC=CC=C2C(=O)OC3(CCC4(CC3)OC(=O)C(=C/C=C/C=C/C3=C(O)CC(C)(C)CC3=O)C(=O)O4)OC2=O)=C(O)C1. The molecule has 1 saturated carbocycles. The minimum Gasteiger partial charge on any atom is -0.512 e. The van der Waals surface area contributed by atoms with Gasteiger partial charge in [-0.25, -0.2) is 19.2 Å². The topological polar surface area (TPSA) is 180 Å². The van der Waals surface area contributed by atoms with Gasteiger partial charge in [0.15, 0.2) is 11.6 Å². The summed E-state index contributed by atoms with van der Waals surface area (Å²) in [6.45, 7) is 7.60. The molecule has 0 aromatic carbocycles. The van der Waals surface area contributed by atoms with E-state index in [2.05, 4.69) is 0 Å². The number of aliphatic hydroxyl groups excluding tert-OH is 2. The first-order valence-electron chi connectivity index (χ1n) is 16.4. The number of ether oxygens (including phenoxy) is 4. The molecular formula is C38H40O12. The third kappa shape index (κ3) is 7.96. The standard InChI is InChI=1S/C38H40O12/c1-35(2)19-27(39)23(28(40)20-35)11-7-5-9-13-25-31(43)47-37(48-32(25)44)15-17-38(18-16-37)49-33(45)26(34(46)50-38)14-10-6-8-12-24-29(41)21-36(3,4)22-30(24)42/h5-14,39,41H,15-22H2,1-4H3/b9-5+,10-6?,11-7+,12-8?,25-13?,26-14?. The highest BCUT2D eigenvalue weighted by Gasteiger charge is 2.56. The number of esters is 4. The summed E-state index contributed by atoms with van der Waals surface area (Å²) in [6, 6.07) is 0. The van der Waals surface area contributed by atoms with Gasteiger partial charge in [-0.1, -0.05) is 64.2 Å². The lowest BCUT2D eigenvalue weighted by Crippen LogP contribution is -2.56. The van der Waals surface area contributed by atoms with Gasteiger partial charge in [0, 0.05) is 51.4 Å². The van der Waals surface area contributed by atoms with Crippen molar-refractivity contribution in [1.82, 2.24) is 0 Å². The number of Topliss-reactive ketones (excluding diaryl/α,β-unsaturated/α-hetero) is 2. The van der Waals surface area contributed by atoms with Gasteiger partial charge in [0.05, 0.1) is 11.1 Å². The second-order valence-corrected chi connectivity index (χ2v) is 14.6. The molecule has 2 heterocycles. The summed E-state index contributed by atoms with van der Waals surface area (Å²) in [6.07, 6.45) is 15.1. The molecular weight excluding hydrogens is 648 g/mol. The maximum Gasteiger partial charge on any atom is 0.348 e. The van der Waals surface area contributed by atoms with Crippen molar-refractivity contribution in [2.75, 3.05) is 0 Å². The van der Waals surface area contributed by atoms with Crippen LogP contribution >= 0.6 is 0 Å². The minimum absolute atomic E-state index is 0.0133. The Morgan fingerprint density at radius 1 is 0.480 bits per heavy atom. The number of allylic oxidation sites excluding steroid dienone is 14. The van der Waals surface area contributed by atoms with Crippen molar-refractivity contribution in [1.29, 1.82) is 0 Å². The molecule has 50 heavy (non-hydrogen) atoms. The van der Waals surface area contributed by atoms with Gasteiger partial charge in [0.2, 0.25) is 0 Å². The van der Waals surface area contributed by atoms with Crippen LogP contribution in [0, 0.1) is 10.8 Å². The lowest BCUT2D eigenvalue weighted by atomic mass is 9.76. The molecule has 12 heteroatoms. The second-order valence-electron chi connectivity index (χ2n) is 14.6. The zero-order chi connectivity index (χ0) is 36.5. The largest absolute Gasteiger partial charge is 0.512 e. The molecule has 5 rings (SSSR count). The van der Waals surface area contributed by atoms with Gasteiger partial charge in [0.1, 0.15) is 22.7 Å². The number of hydrogen-bond donors (Lipinski definition) is 2. The van der Waals surface area contributed by atoms with Crippen molar-refractivity contribution in [3.63, 3.8) is 0 Å². The first-order valence-corrected chi connectivity index (χ1v) is 16.4. The van der Waals surface area contributed by atoms with Crippen LogP contribution in [0.4, 0.5) is 0 Å². The van der Waals surface area contributed by atoms with E-state index in [0.717, 1.165) is 0 Å².